The summed E-state index contributed by atoms with van der Waals surface area (Å²) in [5.74, 6) is 0.538. The lowest BCUT2D eigenvalue weighted by Gasteiger charge is -2.09. The summed E-state index contributed by atoms with van der Waals surface area (Å²) in [4.78, 5) is 24.5. The van der Waals surface area contributed by atoms with Gasteiger partial charge in [-0.2, -0.15) is 5.10 Å². The Kier molecular flexibility index (Phi) is 7.91. The Hall–Kier alpha value is -3.04. The van der Waals surface area contributed by atoms with Crippen LogP contribution in [-0.4, -0.2) is 37.5 Å². The lowest BCUT2D eigenvalue weighted by Crippen LogP contribution is -2.19. The van der Waals surface area contributed by atoms with Crippen LogP contribution in [0.3, 0.4) is 0 Å². The van der Waals surface area contributed by atoms with Crippen LogP contribution in [0.25, 0.3) is 0 Å². The lowest BCUT2D eigenvalue weighted by molar-refractivity contribution is -0.135. The number of ether oxygens (including phenoxy) is 2. The topological polar surface area (TPSA) is 89.3 Å². The number of carbonyl (C=O) groups excluding carboxylic acids is 2. The molecule has 3 rings (SSSR count). The van der Waals surface area contributed by atoms with Gasteiger partial charge < -0.3 is 9.47 Å². The van der Waals surface area contributed by atoms with Gasteiger partial charge in [-0.25, -0.2) is 4.79 Å². The van der Waals surface area contributed by atoms with E-state index in [2.05, 4.69) is 51.4 Å². The number of amides is 1. The minimum absolute atomic E-state index is 0.209. The zero-order chi connectivity index (χ0) is 22.2. The van der Waals surface area contributed by atoms with E-state index in [1.807, 2.05) is 18.2 Å². The van der Waals surface area contributed by atoms with Gasteiger partial charge in [0.1, 0.15) is 5.75 Å². The van der Waals surface area contributed by atoms with Gasteiger partial charge in [0.2, 0.25) is 0 Å². The van der Waals surface area contributed by atoms with E-state index in [0.29, 0.717) is 5.17 Å². The number of carbonyl (C=O) groups is 2. The first-order valence-corrected chi connectivity index (χ1v) is 11.0. The van der Waals surface area contributed by atoms with Crippen molar-refractivity contribution in [3.63, 3.8) is 0 Å². The van der Waals surface area contributed by atoms with Crippen molar-refractivity contribution < 1.29 is 19.1 Å². The van der Waals surface area contributed by atoms with E-state index in [9.17, 15) is 9.59 Å². The van der Waals surface area contributed by atoms with E-state index in [-0.39, 0.29) is 4.91 Å². The summed E-state index contributed by atoms with van der Waals surface area (Å²) in [6.45, 7) is 2.06. The molecule has 1 fully saturated rings. The summed E-state index contributed by atoms with van der Waals surface area (Å²) >= 11 is 2.75. The average molecular weight is 456 g/mol. The molecule has 0 aliphatic carbocycles. The predicted molar refractivity (Wildman–Crippen MR) is 125 cm³/mol. The van der Waals surface area contributed by atoms with Crippen molar-refractivity contribution >= 4 is 46.8 Å². The van der Waals surface area contributed by atoms with Crippen LogP contribution in [0.15, 0.2) is 68.5 Å². The van der Waals surface area contributed by atoms with Gasteiger partial charge in [-0.15, -0.1) is 16.9 Å². The second-order valence-corrected chi connectivity index (χ2v) is 8.49. The maximum atomic E-state index is 11.8. The molecule has 9 heteroatoms. The Morgan fingerprint density at radius 3 is 2.68 bits per heavy atom. The number of hydrogen-bond donors (Lipinski definition) is 1. The summed E-state index contributed by atoms with van der Waals surface area (Å²) in [6, 6.07) is 14.1. The first kappa shape index (κ1) is 22.6. The smallest absolute Gasteiger partial charge is 0.331 e. The molecule has 7 nitrogen and oxygen atoms in total. The van der Waals surface area contributed by atoms with Crippen molar-refractivity contribution in [1.82, 2.24) is 5.32 Å². The molecule has 1 N–H and O–H groups in total. The molecule has 0 aromatic heterocycles. The molecule has 0 radical (unpaired) electrons. The third-order valence-electron chi connectivity index (χ3n) is 4.18. The zero-order valence-electron chi connectivity index (χ0n) is 17.2. The molecule has 0 bridgehead atoms. The number of esters is 1. The van der Waals surface area contributed by atoms with Gasteiger partial charge in [-0.05, 0) is 54.6 Å². The minimum Gasteiger partial charge on any atom is -0.496 e. The first-order chi connectivity index (χ1) is 15.0. The van der Waals surface area contributed by atoms with Gasteiger partial charge in [0.05, 0.1) is 25.3 Å². The molecule has 160 valence electrons. The largest absolute Gasteiger partial charge is 0.496 e. The normalized spacial score (nSPS) is 16.2. The molecule has 2 aromatic carbocycles. The zero-order valence-corrected chi connectivity index (χ0v) is 18.9. The Morgan fingerprint density at radius 2 is 1.97 bits per heavy atom. The molecule has 0 spiro atoms. The number of aryl methyl sites for hydroxylation is 1. The van der Waals surface area contributed by atoms with Crippen LogP contribution in [0.1, 0.15) is 16.7 Å². The molecule has 0 unspecified atom stereocenters. The number of nitrogens with one attached hydrogen (secondary N) is 1. The first-order valence-electron chi connectivity index (χ1n) is 9.24. The van der Waals surface area contributed by atoms with Crippen LogP contribution in [0.2, 0.25) is 0 Å². The number of rotatable bonds is 7. The van der Waals surface area contributed by atoms with Crippen molar-refractivity contribution in [2.75, 3.05) is 14.2 Å². The van der Waals surface area contributed by atoms with E-state index >= 15 is 0 Å². The summed E-state index contributed by atoms with van der Waals surface area (Å²) in [5, 5.41) is 10.9. The average Bonchev–Trinajstić information content (AvgIpc) is 3.12. The fourth-order valence-electron chi connectivity index (χ4n) is 2.58. The van der Waals surface area contributed by atoms with Crippen LogP contribution in [0.5, 0.6) is 5.75 Å². The minimum atomic E-state index is -0.600. The van der Waals surface area contributed by atoms with Gasteiger partial charge in [0.15, 0.2) is 5.17 Å². The molecule has 1 aliphatic heterocycles. The number of thioether (sulfide) groups is 2. The highest BCUT2D eigenvalue weighted by Crippen LogP contribution is 2.29. The molecule has 0 atom stereocenters. The van der Waals surface area contributed by atoms with Gasteiger partial charge in [-0.1, -0.05) is 17.7 Å². The second-order valence-electron chi connectivity index (χ2n) is 6.41. The monoisotopic (exact) mass is 455 g/mol. The highest BCUT2D eigenvalue weighted by Gasteiger charge is 2.25. The maximum absolute atomic E-state index is 11.8. The summed E-state index contributed by atoms with van der Waals surface area (Å²) in [6.07, 6.45) is 2.72. The van der Waals surface area contributed by atoms with E-state index in [1.54, 1.807) is 25.1 Å². The molecule has 0 saturated carbocycles. The van der Waals surface area contributed by atoms with Crippen LogP contribution >= 0.6 is 23.5 Å². The number of hydrogen-bond acceptors (Lipinski definition) is 8. The SMILES string of the molecule is COC(=O)/C=C1/S/C(=N\N=Cc2ccc(OC)c(CSc3ccc(C)cc3)c2)NC1=O. The van der Waals surface area contributed by atoms with Gasteiger partial charge in [-0.3, -0.25) is 10.1 Å². The summed E-state index contributed by atoms with van der Waals surface area (Å²) in [7, 11) is 2.90. The van der Waals surface area contributed by atoms with Crippen LogP contribution in [0, 0.1) is 6.92 Å². The second kappa shape index (κ2) is 10.8. The third-order valence-corrected chi connectivity index (χ3v) is 6.14. The Labute approximate surface area is 189 Å². The number of methoxy groups -OCH3 is 2. The molecule has 31 heavy (non-hydrogen) atoms. The fraction of sp³-hybridized carbons (Fsp3) is 0.182. The van der Waals surface area contributed by atoms with E-state index < -0.39 is 11.9 Å². The lowest BCUT2D eigenvalue weighted by atomic mass is 10.1. The van der Waals surface area contributed by atoms with Crippen LogP contribution in [-0.2, 0) is 20.1 Å². The van der Waals surface area contributed by atoms with E-state index in [0.717, 1.165) is 40.5 Å². The van der Waals surface area contributed by atoms with Crippen molar-refractivity contribution in [3.05, 3.63) is 70.1 Å². The van der Waals surface area contributed by atoms with Crippen molar-refractivity contribution in [2.45, 2.75) is 17.6 Å². The van der Waals surface area contributed by atoms with Crippen molar-refractivity contribution in [1.29, 1.82) is 0 Å². The van der Waals surface area contributed by atoms with E-state index in [1.165, 1.54) is 17.6 Å². The fourth-order valence-corrected chi connectivity index (χ4v) is 4.19. The number of amidine groups is 1. The molecular formula is C22H21N3O4S2. The van der Waals surface area contributed by atoms with Crippen molar-refractivity contribution in [2.24, 2.45) is 10.2 Å². The molecule has 2 aromatic rings. The Balaban J connectivity index is 1.68. The Morgan fingerprint density at radius 1 is 1.19 bits per heavy atom. The summed E-state index contributed by atoms with van der Waals surface area (Å²) < 4.78 is 10.0. The molecule has 1 aliphatic rings. The van der Waals surface area contributed by atoms with Crippen LogP contribution in [0.4, 0.5) is 0 Å². The molecule has 1 heterocycles. The van der Waals surface area contributed by atoms with Gasteiger partial charge in [0.25, 0.3) is 5.91 Å². The van der Waals surface area contributed by atoms with Crippen LogP contribution < -0.4 is 10.1 Å². The highest BCUT2D eigenvalue weighted by molar-refractivity contribution is 8.18. The van der Waals surface area contributed by atoms with E-state index in [4.69, 9.17) is 4.74 Å². The predicted octanol–water partition coefficient (Wildman–Crippen LogP) is 3.91. The Bertz CT molecular complexity index is 1060. The highest BCUT2D eigenvalue weighted by atomic mass is 32.2. The number of nitrogens with zero attached hydrogens (tertiary/aromatic N) is 2. The van der Waals surface area contributed by atoms with Gasteiger partial charge in [0, 0.05) is 22.3 Å². The van der Waals surface area contributed by atoms with Gasteiger partial charge >= 0.3 is 5.97 Å². The maximum Gasteiger partial charge on any atom is 0.331 e. The standard InChI is InChI=1S/C22H21N3O4S2/c1-14-4-7-17(8-5-14)30-13-16-10-15(6-9-18(16)28-2)12-23-25-22-24-21(27)19(31-22)11-20(26)29-3/h4-12H,13H2,1-3H3,(H,24,25,27)/b19-11+,23-12?. The summed E-state index contributed by atoms with van der Waals surface area (Å²) in [5.41, 5.74) is 3.12. The quantitative estimate of drug-likeness (QED) is 0.224. The third kappa shape index (κ3) is 6.47. The van der Waals surface area contributed by atoms with Crippen molar-refractivity contribution in [3.8, 4) is 5.75 Å². The number of benzene rings is 2. The molecule has 1 amide bonds. The molecule has 1 saturated heterocycles. The molecular weight excluding hydrogens is 434 g/mol.